The van der Waals surface area contributed by atoms with Crippen LogP contribution in [0.25, 0.3) is 22.0 Å². The molecule has 2 aromatic heterocycles. The molecule has 3 N–H and O–H groups in total. The average Bonchev–Trinajstić information content (AvgIpc) is 2.96. The number of halogens is 3. The Bertz CT molecular complexity index is 1700. The van der Waals surface area contributed by atoms with Crippen molar-refractivity contribution in [2.75, 3.05) is 28.9 Å². The van der Waals surface area contributed by atoms with Gasteiger partial charge in [-0.25, -0.2) is 36.5 Å². The van der Waals surface area contributed by atoms with E-state index in [0.29, 0.717) is 33.9 Å². The summed E-state index contributed by atoms with van der Waals surface area (Å²) < 4.78 is 76.1. The number of ether oxygens (including phenoxy) is 1. The SMILES string of the molecule is CCC(F)(F)CS(=O)(=O)Nc1c(F)ccc2c(Oc3ncccc3-c3ccnc(NC4CCCNC4)n3)c(C)ccc12. The number of anilines is 2. The minimum atomic E-state index is -4.58. The van der Waals surface area contributed by atoms with Gasteiger partial charge in [-0.2, -0.15) is 0 Å². The van der Waals surface area contributed by atoms with Crippen LogP contribution < -0.4 is 20.1 Å². The van der Waals surface area contributed by atoms with Crippen LogP contribution in [0.2, 0.25) is 0 Å². The van der Waals surface area contributed by atoms with E-state index in [-0.39, 0.29) is 17.3 Å². The Labute approximate surface area is 242 Å². The van der Waals surface area contributed by atoms with Gasteiger partial charge in [-0.3, -0.25) is 4.72 Å². The number of aromatic nitrogens is 3. The highest BCUT2D eigenvalue weighted by Gasteiger charge is 2.34. The maximum atomic E-state index is 14.9. The fraction of sp³-hybridized carbons (Fsp3) is 0.345. The largest absolute Gasteiger partial charge is 0.437 e. The fourth-order valence-electron chi connectivity index (χ4n) is 4.77. The third kappa shape index (κ3) is 6.73. The molecule has 42 heavy (non-hydrogen) atoms. The van der Waals surface area contributed by atoms with E-state index in [4.69, 9.17) is 4.74 Å². The summed E-state index contributed by atoms with van der Waals surface area (Å²) in [5.41, 5.74) is 1.36. The first-order valence-electron chi connectivity index (χ1n) is 13.6. The zero-order valence-corrected chi connectivity index (χ0v) is 23.9. The van der Waals surface area contributed by atoms with Crippen LogP contribution in [0.1, 0.15) is 31.7 Å². The number of hydrogen-bond donors (Lipinski definition) is 3. The van der Waals surface area contributed by atoms with Crippen LogP contribution in [-0.2, 0) is 10.0 Å². The lowest BCUT2D eigenvalue weighted by molar-refractivity contribution is 0.0219. The molecular weight excluding hydrogens is 569 g/mol. The lowest BCUT2D eigenvalue weighted by Gasteiger charge is -2.23. The molecule has 0 aliphatic carbocycles. The van der Waals surface area contributed by atoms with Gasteiger partial charge in [0.1, 0.15) is 17.3 Å². The van der Waals surface area contributed by atoms with Gasteiger partial charge in [0.2, 0.25) is 21.9 Å². The van der Waals surface area contributed by atoms with E-state index >= 15 is 0 Å². The van der Waals surface area contributed by atoms with Crippen molar-refractivity contribution >= 4 is 32.4 Å². The number of rotatable bonds is 10. The Morgan fingerprint density at radius 1 is 1.10 bits per heavy atom. The summed E-state index contributed by atoms with van der Waals surface area (Å²) in [6.45, 7) is 4.75. The Kier molecular flexibility index (Phi) is 8.50. The molecule has 5 rings (SSSR count). The molecule has 1 aliphatic rings. The summed E-state index contributed by atoms with van der Waals surface area (Å²) in [7, 11) is -4.58. The molecule has 0 spiro atoms. The molecule has 1 saturated heterocycles. The van der Waals surface area contributed by atoms with Gasteiger partial charge in [0.15, 0.2) is 0 Å². The normalized spacial score (nSPS) is 15.9. The van der Waals surface area contributed by atoms with Gasteiger partial charge in [0.05, 0.1) is 16.9 Å². The predicted molar refractivity (Wildman–Crippen MR) is 156 cm³/mol. The lowest BCUT2D eigenvalue weighted by atomic mass is 10.0. The molecule has 1 fully saturated rings. The van der Waals surface area contributed by atoms with Crippen LogP contribution in [0.15, 0.2) is 54.9 Å². The number of nitrogens with one attached hydrogen (secondary N) is 3. The Morgan fingerprint density at radius 2 is 1.90 bits per heavy atom. The van der Waals surface area contributed by atoms with E-state index in [1.165, 1.54) is 19.1 Å². The van der Waals surface area contributed by atoms with Crippen LogP contribution in [-0.4, -0.2) is 54.2 Å². The quantitative estimate of drug-likeness (QED) is 0.207. The summed E-state index contributed by atoms with van der Waals surface area (Å²) in [5, 5.41) is 7.21. The molecule has 13 heteroatoms. The van der Waals surface area contributed by atoms with E-state index in [0.717, 1.165) is 32.0 Å². The standard InChI is InChI=1S/C29H31F3N6O3S/c1-3-29(31,32)17-42(39,40)38-25-20-9-8-18(2)26(21(20)10-11-23(25)30)41-27-22(7-5-14-34-27)24-12-15-35-28(37-24)36-19-6-4-13-33-16-19/h5,7-12,14-15,19,33,38H,3-4,6,13,16-17H2,1-2H3,(H,35,36,37). The van der Waals surface area contributed by atoms with Gasteiger partial charge in [0.25, 0.3) is 5.92 Å². The van der Waals surface area contributed by atoms with Crippen LogP contribution >= 0.6 is 0 Å². The second-order valence-electron chi connectivity index (χ2n) is 10.2. The van der Waals surface area contributed by atoms with Crippen molar-refractivity contribution in [1.82, 2.24) is 20.3 Å². The van der Waals surface area contributed by atoms with Gasteiger partial charge in [-0.1, -0.05) is 19.1 Å². The third-order valence-corrected chi connectivity index (χ3v) is 8.32. The molecule has 0 radical (unpaired) electrons. The zero-order chi connectivity index (χ0) is 29.9. The molecule has 9 nitrogen and oxygen atoms in total. The number of pyridine rings is 1. The first-order chi connectivity index (χ1) is 20.0. The highest BCUT2D eigenvalue weighted by atomic mass is 32.2. The van der Waals surface area contributed by atoms with E-state index in [1.807, 2.05) is 4.72 Å². The van der Waals surface area contributed by atoms with Crippen LogP contribution in [0.4, 0.5) is 24.8 Å². The van der Waals surface area contributed by atoms with Crippen LogP contribution in [0.3, 0.4) is 0 Å². The second-order valence-corrected chi connectivity index (χ2v) is 11.9. The van der Waals surface area contributed by atoms with Gasteiger partial charge in [-0.05, 0) is 62.2 Å². The van der Waals surface area contributed by atoms with Gasteiger partial charge >= 0.3 is 0 Å². The number of aryl methyl sites for hydroxylation is 1. The Balaban J connectivity index is 1.49. The Morgan fingerprint density at radius 3 is 2.67 bits per heavy atom. The van der Waals surface area contributed by atoms with Crippen molar-refractivity contribution in [2.45, 2.75) is 45.1 Å². The van der Waals surface area contributed by atoms with Crippen molar-refractivity contribution in [3.05, 3.63) is 66.2 Å². The zero-order valence-electron chi connectivity index (χ0n) is 23.1. The maximum absolute atomic E-state index is 14.9. The van der Waals surface area contributed by atoms with Gasteiger partial charge < -0.3 is 15.4 Å². The summed E-state index contributed by atoms with van der Waals surface area (Å²) in [5.74, 6) is -4.85. The monoisotopic (exact) mass is 600 g/mol. The molecule has 1 aliphatic heterocycles. The number of nitrogens with zero attached hydrogens (tertiary/aromatic N) is 3. The van der Waals surface area contributed by atoms with E-state index in [1.54, 1.807) is 43.6 Å². The third-order valence-electron chi connectivity index (χ3n) is 7.00. The fourth-order valence-corrected chi connectivity index (χ4v) is 6.12. The van der Waals surface area contributed by atoms with Crippen molar-refractivity contribution in [1.29, 1.82) is 0 Å². The second kappa shape index (κ2) is 12.1. The molecule has 0 bridgehead atoms. The highest BCUT2D eigenvalue weighted by Crippen LogP contribution is 2.40. The molecule has 222 valence electrons. The highest BCUT2D eigenvalue weighted by molar-refractivity contribution is 7.92. The van der Waals surface area contributed by atoms with Crippen LogP contribution in [0, 0.1) is 12.7 Å². The predicted octanol–water partition coefficient (Wildman–Crippen LogP) is 5.88. The molecule has 2 aromatic carbocycles. The molecule has 4 aromatic rings. The molecule has 0 amide bonds. The molecular formula is C29H31F3N6O3S. The average molecular weight is 601 g/mol. The van der Waals surface area contributed by atoms with E-state index in [9.17, 15) is 21.6 Å². The number of benzene rings is 2. The van der Waals surface area contributed by atoms with Crippen molar-refractivity contribution < 1.29 is 26.3 Å². The van der Waals surface area contributed by atoms with Gasteiger partial charge in [-0.15, -0.1) is 0 Å². The Hall–Kier alpha value is -3.97. The number of sulfonamides is 1. The summed E-state index contributed by atoms with van der Waals surface area (Å²) in [6, 6.07) is 11.1. The number of alkyl halides is 2. The molecule has 1 atom stereocenters. The first-order valence-corrected chi connectivity index (χ1v) is 15.2. The summed E-state index contributed by atoms with van der Waals surface area (Å²) >= 11 is 0. The van der Waals surface area contributed by atoms with Crippen molar-refractivity contribution in [3.63, 3.8) is 0 Å². The smallest absolute Gasteiger partial charge is 0.263 e. The van der Waals surface area contributed by atoms with Crippen molar-refractivity contribution in [2.24, 2.45) is 0 Å². The lowest BCUT2D eigenvalue weighted by Crippen LogP contribution is -2.38. The summed E-state index contributed by atoms with van der Waals surface area (Å²) in [6.07, 6.45) is 4.59. The summed E-state index contributed by atoms with van der Waals surface area (Å²) in [4.78, 5) is 13.4. The maximum Gasteiger partial charge on any atom is 0.263 e. The van der Waals surface area contributed by atoms with E-state index < -0.39 is 39.6 Å². The number of hydrogen-bond acceptors (Lipinski definition) is 8. The first kappa shape index (κ1) is 29.5. The van der Waals surface area contributed by atoms with Gasteiger partial charge in [0, 0.05) is 42.2 Å². The number of fused-ring (bicyclic) bond motifs is 1. The topological polar surface area (TPSA) is 118 Å². The minimum Gasteiger partial charge on any atom is -0.437 e. The molecule has 1 unspecified atom stereocenters. The number of piperidine rings is 1. The molecule has 0 saturated carbocycles. The molecule has 3 heterocycles. The van der Waals surface area contributed by atoms with Crippen LogP contribution in [0.5, 0.6) is 11.6 Å². The van der Waals surface area contributed by atoms with E-state index in [2.05, 4.69) is 25.6 Å². The van der Waals surface area contributed by atoms with Crippen molar-refractivity contribution in [3.8, 4) is 22.9 Å². The minimum absolute atomic E-state index is 0.145.